The third kappa shape index (κ3) is 2.87. The highest BCUT2D eigenvalue weighted by Crippen LogP contribution is 2.17. The summed E-state index contributed by atoms with van der Waals surface area (Å²) in [6.07, 6.45) is 2.06. The van der Waals surface area contributed by atoms with E-state index in [-0.39, 0.29) is 11.8 Å². The SMILES string of the molecule is CC1CN(Cc2cc(=O)c(O)co2)CCC1N. The molecule has 0 aliphatic carbocycles. The predicted molar refractivity (Wildman–Crippen MR) is 63.7 cm³/mol. The highest BCUT2D eigenvalue weighted by Gasteiger charge is 2.23. The van der Waals surface area contributed by atoms with Crippen molar-refractivity contribution in [2.45, 2.75) is 25.9 Å². The summed E-state index contributed by atoms with van der Waals surface area (Å²) in [5.74, 6) is 0.686. The fourth-order valence-electron chi connectivity index (χ4n) is 2.14. The molecular weight excluding hydrogens is 220 g/mol. The van der Waals surface area contributed by atoms with Gasteiger partial charge >= 0.3 is 0 Å². The molecule has 0 saturated carbocycles. The smallest absolute Gasteiger partial charge is 0.226 e. The van der Waals surface area contributed by atoms with Crippen molar-refractivity contribution in [3.63, 3.8) is 0 Å². The van der Waals surface area contributed by atoms with Gasteiger partial charge in [-0.15, -0.1) is 0 Å². The lowest BCUT2D eigenvalue weighted by molar-refractivity contribution is 0.147. The van der Waals surface area contributed by atoms with Crippen LogP contribution in [0.25, 0.3) is 0 Å². The summed E-state index contributed by atoms with van der Waals surface area (Å²) in [5.41, 5.74) is 5.55. The van der Waals surface area contributed by atoms with E-state index in [2.05, 4.69) is 11.8 Å². The topological polar surface area (TPSA) is 79.7 Å². The summed E-state index contributed by atoms with van der Waals surface area (Å²) < 4.78 is 5.18. The maximum absolute atomic E-state index is 11.2. The second kappa shape index (κ2) is 4.89. The van der Waals surface area contributed by atoms with Crippen LogP contribution in [0.1, 0.15) is 19.1 Å². The van der Waals surface area contributed by atoms with Crippen molar-refractivity contribution < 1.29 is 9.52 Å². The molecule has 2 atom stereocenters. The summed E-state index contributed by atoms with van der Waals surface area (Å²) in [4.78, 5) is 13.5. The Labute approximate surface area is 99.8 Å². The average molecular weight is 238 g/mol. The monoisotopic (exact) mass is 238 g/mol. The molecule has 1 aliphatic heterocycles. The second-order valence-corrected chi connectivity index (χ2v) is 4.76. The predicted octanol–water partition coefficient (Wildman–Crippen LogP) is 0.515. The molecule has 94 valence electrons. The van der Waals surface area contributed by atoms with Gasteiger partial charge in [0.25, 0.3) is 0 Å². The molecule has 2 heterocycles. The summed E-state index contributed by atoms with van der Waals surface area (Å²) in [5, 5.41) is 9.09. The minimum Gasteiger partial charge on any atom is -0.502 e. The summed E-state index contributed by atoms with van der Waals surface area (Å²) in [6, 6.07) is 1.60. The van der Waals surface area contributed by atoms with Gasteiger partial charge in [-0.3, -0.25) is 9.69 Å². The summed E-state index contributed by atoms with van der Waals surface area (Å²) in [7, 11) is 0. The molecule has 2 unspecified atom stereocenters. The van der Waals surface area contributed by atoms with Crippen LogP contribution in [0.15, 0.2) is 21.5 Å². The third-order valence-corrected chi connectivity index (χ3v) is 3.30. The average Bonchev–Trinajstić information content (AvgIpc) is 2.29. The number of likely N-dealkylation sites (tertiary alicyclic amines) is 1. The quantitative estimate of drug-likeness (QED) is 0.785. The van der Waals surface area contributed by atoms with E-state index in [1.165, 1.54) is 6.07 Å². The van der Waals surface area contributed by atoms with Crippen LogP contribution in [0.3, 0.4) is 0 Å². The molecule has 2 rings (SSSR count). The molecule has 1 aliphatic rings. The molecule has 1 saturated heterocycles. The first-order valence-corrected chi connectivity index (χ1v) is 5.85. The zero-order valence-corrected chi connectivity index (χ0v) is 9.93. The van der Waals surface area contributed by atoms with Crippen LogP contribution in [-0.2, 0) is 6.54 Å². The summed E-state index contributed by atoms with van der Waals surface area (Å²) in [6.45, 7) is 4.54. The van der Waals surface area contributed by atoms with Crippen LogP contribution in [0, 0.1) is 5.92 Å². The van der Waals surface area contributed by atoms with Gasteiger partial charge in [0.1, 0.15) is 12.0 Å². The lowest BCUT2D eigenvalue weighted by atomic mass is 9.95. The minimum absolute atomic E-state index is 0.262. The molecule has 0 bridgehead atoms. The maximum atomic E-state index is 11.2. The molecule has 0 radical (unpaired) electrons. The van der Waals surface area contributed by atoms with Gasteiger partial charge in [0, 0.05) is 25.2 Å². The number of nitrogens with two attached hydrogens (primary N) is 1. The van der Waals surface area contributed by atoms with Crippen LogP contribution >= 0.6 is 0 Å². The Hall–Kier alpha value is -1.33. The van der Waals surface area contributed by atoms with Gasteiger partial charge in [0.2, 0.25) is 5.43 Å². The Morgan fingerprint density at radius 2 is 2.41 bits per heavy atom. The zero-order valence-electron chi connectivity index (χ0n) is 9.93. The van der Waals surface area contributed by atoms with Gasteiger partial charge < -0.3 is 15.3 Å². The standard InChI is InChI=1S/C12H18N2O3/c1-8-5-14(3-2-10(8)13)6-9-4-11(15)12(16)7-17-9/h4,7-8,10,16H,2-3,5-6,13H2,1H3. The van der Waals surface area contributed by atoms with E-state index >= 15 is 0 Å². The lowest BCUT2D eigenvalue weighted by Gasteiger charge is -2.34. The fraction of sp³-hybridized carbons (Fsp3) is 0.583. The molecule has 1 aromatic heterocycles. The molecular formula is C12H18N2O3. The number of aromatic hydroxyl groups is 1. The largest absolute Gasteiger partial charge is 0.502 e. The number of nitrogens with zero attached hydrogens (tertiary/aromatic N) is 1. The molecule has 1 fully saturated rings. The summed E-state index contributed by atoms with van der Waals surface area (Å²) >= 11 is 0. The van der Waals surface area contributed by atoms with Crippen molar-refractivity contribution in [1.29, 1.82) is 0 Å². The van der Waals surface area contributed by atoms with Gasteiger partial charge in [-0.25, -0.2) is 0 Å². The van der Waals surface area contributed by atoms with Crippen molar-refractivity contribution in [1.82, 2.24) is 4.90 Å². The zero-order chi connectivity index (χ0) is 12.4. The van der Waals surface area contributed by atoms with E-state index in [9.17, 15) is 4.79 Å². The lowest BCUT2D eigenvalue weighted by Crippen LogP contribution is -2.45. The third-order valence-electron chi connectivity index (χ3n) is 3.30. The maximum Gasteiger partial charge on any atom is 0.226 e. The van der Waals surface area contributed by atoms with Crippen LogP contribution < -0.4 is 11.2 Å². The van der Waals surface area contributed by atoms with E-state index in [0.717, 1.165) is 25.8 Å². The van der Waals surface area contributed by atoms with E-state index in [1.807, 2.05) is 0 Å². The molecule has 17 heavy (non-hydrogen) atoms. The van der Waals surface area contributed by atoms with Gasteiger partial charge in [0.05, 0.1) is 6.54 Å². The Bertz CT molecular complexity index is 444. The molecule has 0 aromatic carbocycles. The molecule has 5 nitrogen and oxygen atoms in total. The van der Waals surface area contributed by atoms with Crippen LogP contribution in [0.2, 0.25) is 0 Å². The molecule has 3 N–H and O–H groups in total. The molecule has 0 spiro atoms. The second-order valence-electron chi connectivity index (χ2n) is 4.76. The minimum atomic E-state index is -0.395. The fourth-order valence-corrected chi connectivity index (χ4v) is 2.14. The molecule has 0 amide bonds. The van der Waals surface area contributed by atoms with Gasteiger partial charge in [-0.05, 0) is 12.3 Å². The van der Waals surface area contributed by atoms with Crippen molar-refractivity contribution >= 4 is 0 Å². The van der Waals surface area contributed by atoms with Gasteiger partial charge in [-0.1, -0.05) is 6.92 Å². The van der Waals surface area contributed by atoms with E-state index in [1.54, 1.807) is 0 Å². The van der Waals surface area contributed by atoms with Crippen LogP contribution in [0.5, 0.6) is 5.75 Å². The number of rotatable bonds is 2. The Morgan fingerprint density at radius 3 is 3.06 bits per heavy atom. The van der Waals surface area contributed by atoms with Gasteiger partial charge in [0.15, 0.2) is 5.75 Å². The highest BCUT2D eigenvalue weighted by atomic mass is 16.4. The van der Waals surface area contributed by atoms with E-state index in [4.69, 9.17) is 15.3 Å². The Kier molecular flexibility index (Phi) is 3.49. The molecule has 5 heteroatoms. The Morgan fingerprint density at radius 1 is 1.65 bits per heavy atom. The number of piperidine rings is 1. The van der Waals surface area contributed by atoms with Crippen LogP contribution in [-0.4, -0.2) is 29.1 Å². The van der Waals surface area contributed by atoms with Gasteiger partial charge in [-0.2, -0.15) is 0 Å². The van der Waals surface area contributed by atoms with E-state index < -0.39 is 5.43 Å². The van der Waals surface area contributed by atoms with Crippen molar-refractivity contribution in [3.05, 3.63) is 28.3 Å². The number of hydrogen-bond acceptors (Lipinski definition) is 5. The van der Waals surface area contributed by atoms with Crippen molar-refractivity contribution in [2.24, 2.45) is 11.7 Å². The number of hydrogen-bond donors (Lipinski definition) is 2. The van der Waals surface area contributed by atoms with Crippen molar-refractivity contribution in [2.75, 3.05) is 13.1 Å². The Balaban J connectivity index is 2.01. The van der Waals surface area contributed by atoms with E-state index in [0.29, 0.717) is 18.2 Å². The first kappa shape index (κ1) is 12.1. The normalized spacial score (nSPS) is 26.0. The highest BCUT2D eigenvalue weighted by molar-refractivity contribution is 5.15. The first-order chi connectivity index (χ1) is 8.06. The molecule has 1 aromatic rings. The van der Waals surface area contributed by atoms with Crippen molar-refractivity contribution in [3.8, 4) is 5.75 Å². The first-order valence-electron chi connectivity index (χ1n) is 5.85. The van der Waals surface area contributed by atoms with Crippen LogP contribution in [0.4, 0.5) is 0 Å².